The average Bonchev–Trinajstić information content (AvgIpc) is 2.65. The van der Waals surface area contributed by atoms with Gasteiger partial charge in [-0.2, -0.15) is 0 Å². The van der Waals surface area contributed by atoms with E-state index in [0.717, 1.165) is 30.7 Å². The molecule has 2 aliphatic rings. The van der Waals surface area contributed by atoms with Crippen molar-refractivity contribution in [1.82, 2.24) is 5.32 Å². The van der Waals surface area contributed by atoms with Gasteiger partial charge in [-0.3, -0.25) is 0 Å². The molecule has 3 nitrogen and oxygen atoms in total. The molecule has 1 fully saturated rings. The molecule has 2 rings (SSSR count). The van der Waals surface area contributed by atoms with E-state index in [1.54, 1.807) is 0 Å². The van der Waals surface area contributed by atoms with Crippen molar-refractivity contribution >= 4 is 5.97 Å². The Morgan fingerprint density at radius 1 is 1.71 bits per heavy atom. The molecular weight excluding hydrogens is 178 g/mol. The van der Waals surface area contributed by atoms with Gasteiger partial charge in [-0.05, 0) is 25.8 Å². The molecule has 1 aliphatic carbocycles. The zero-order valence-electron chi connectivity index (χ0n) is 8.38. The lowest BCUT2D eigenvalue weighted by Gasteiger charge is -2.16. The van der Waals surface area contributed by atoms with E-state index in [2.05, 4.69) is 11.4 Å². The Hall–Kier alpha value is -1.25. The minimum absolute atomic E-state index is 0.196. The fourth-order valence-electron chi connectivity index (χ4n) is 2.05. The van der Waals surface area contributed by atoms with E-state index < -0.39 is 0 Å². The van der Waals surface area contributed by atoms with Crippen molar-refractivity contribution in [1.29, 1.82) is 0 Å². The van der Waals surface area contributed by atoms with E-state index in [1.807, 2.05) is 13.0 Å². The molecule has 1 heterocycles. The van der Waals surface area contributed by atoms with Gasteiger partial charge in [0.1, 0.15) is 0 Å². The topological polar surface area (TPSA) is 38.3 Å². The highest BCUT2D eigenvalue weighted by Gasteiger charge is 2.27. The predicted octanol–water partition coefficient (Wildman–Crippen LogP) is 1.37. The lowest BCUT2D eigenvalue weighted by atomic mass is 9.93. The van der Waals surface area contributed by atoms with Crippen LogP contribution in [0.5, 0.6) is 0 Å². The predicted molar refractivity (Wildman–Crippen MR) is 53.5 cm³/mol. The van der Waals surface area contributed by atoms with Gasteiger partial charge >= 0.3 is 5.97 Å². The normalized spacial score (nSPS) is 24.5. The van der Waals surface area contributed by atoms with Crippen molar-refractivity contribution in [2.24, 2.45) is 5.92 Å². The van der Waals surface area contributed by atoms with E-state index in [4.69, 9.17) is 4.74 Å². The minimum Gasteiger partial charge on any atom is -0.462 e. The minimum atomic E-state index is -0.196. The standard InChI is InChI=1S/C11H15NO2/c1-2-14-11(13)9-5-3-4-8-6-7-12-10(8)9/h3,5,8,12H,2,4,6-7H2,1H3. The van der Waals surface area contributed by atoms with Gasteiger partial charge in [-0.15, -0.1) is 0 Å². The maximum absolute atomic E-state index is 11.6. The molecular formula is C11H15NO2. The zero-order chi connectivity index (χ0) is 9.97. The Bertz CT molecular complexity index is 304. The number of fused-ring (bicyclic) bond motifs is 1. The van der Waals surface area contributed by atoms with Gasteiger partial charge in [0.15, 0.2) is 0 Å². The molecule has 1 saturated heterocycles. The summed E-state index contributed by atoms with van der Waals surface area (Å²) >= 11 is 0. The summed E-state index contributed by atoms with van der Waals surface area (Å²) in [6.45, 7) is 3.24. The van der Waals surface area contributed by atoms with Crippen LogP contribution in [0.1, 0.15) is 19.8 Å². The molecule has 1 aliphatic heterocycles. The van der Waals surface area contributed by atoms with Crippen LogP contribution in [0, 0.1) is 5.92 Å². The van der Waals surface area contributed by atoms with Gasteiger partial charge in [0.25, 0.3) is 0 Å². The van der Waals surface area contributed by atoms with E-state index in [1.165, 1.54) is 0 Å². The first kappa shape index (κ1) is 9.31. The van der Waals surface area contributed by atoms with E-state index in [9.17, 15) is 4.79 Å². The van der Waals surface area contributed by atoms with Gasteiger partial charge < -0.3 is 10.1 Å². The number of carbonyl (C=O) groups is 1. The monoisotopic (exact) mass is 193 g/mol. The maximum Gasteiger partial charge on any atom is 0.339 e. The maximum atomic E-state index is 11.6. The van der Waals surface area contributed by atoms with Crippen LogP contribution in [-0.4, -0.2) is 19.1 Å². The Morgan fingerprint density at radius 3 is 3.36 bits per heavy atom. The first-order valence-electron chi connectivity index (χ1n) is 5.14. The third kappa shape index (κ3) is 1.54. The van der Waals surface area contributed by atoms with Crippen molar-refractivity contribution in [3.63, 3.8) is 0 Å². The highest BCUT2D eigenvalue weighted by Crippen LogP contribution is 2.30. The number of hydrogen-bond acceptors (Lipinski definition) is 3. The number of allylic oxidation sites excluding steroid dienone is 2. The SMILES string of the molecule is CCOC(=O)C1=C2NCCC2CC=C1. The first-order valence-corrected chi connectivity index (χ1v) is 5.14. The summed E-state index contributed by atoms with van der Waals surface area (Å²) in [5.74, 6) is 0.317. The second-order valence-corrected chi connectivity index (χ2v) is 3.60. The molecule has 0 amide bonds. The molecule has 76 valence electrons. The fraction of sp³-hybridized carbons (Fsp3) is 0.545. The smallest absolute Gasteiger partial charge is 0.339 e. The van der Waals surface area contributed by atoms with Crippen molar-refractivity contribution in [3.8, 4) is 0 Å². The summed E-state index contributed by atoms with van der Waals surface area (Å²) in [5.41, 5.74) is 1.81. The Balaban J connectivity index is 2.22. The van der Waals surface area contributed by atoms with Gasteiger partial charge in [0, 0.05) is 18.2 Å². The van der Waals surface area contributed by atoms with Gasteiger partial charge in [0.2, 0.25) is 0 Å². The number of ether oxygens (including phenoxy) is 1. The zero-order valence-corrected chi connectivity index (χ0v) is 8.38. The summed E-state index contributed by atoms with van der Waals surface area (Å²) in [6, 6.07) is 0. The third-order valence-corrected chi connectivity index (χ3v) is 2.71. The number of rotatable bonds is 2. The molecule has 3 heteroatoms. The van der Waals surface area contributed by atoms with Crippen LogP contribution in [0.3, 0.4) is 0 Å². The molecule has 1 atom stereocenters. The Kier molecular flexibility index (Phi) is 2.57. The van der Waals surface area contributed by atoms with Crippen LogP contribution >= 0.6 is 0 Å². The largest absolute Gasteiger partial charge is 0.462 e. The molecule has 0 spiro atoms. The molecule has 0 aromatic rings. The molecule has 0 aromatic carbocycles. The van der Waals surface area contributed by atoms with Gasteiger partial charge in [0.05, 0.1) is 12.2 Å². The molecule has 0 aromatic heterocycles. The highest BCUT2D eigenvalue weighted by molar-refractivity contribution is 5.92. The molecule has 1 unspecified atom stereocenters. The van der Waals surface area contributed by atoms with Crippen molar-refractivity contribution in [2.75, 3.05) is 13.2 Å². The fourth-order valence-corrected chi connectivity index (χ4v) is 2.05. The summed E-state index contributed by atoms with van der Waals surface area (Å²) in [4.78, 5) is 11.6. The molecule has 14 heavy (non-hydrogen) atoms. The molecule has 0 saturated carbocycles. The third-order valence-electron chi connectivity index (χ3n) is 2.71. The second-order valence-electron chi connectivity index (χ2n) is 3.60. The average molecular weight is 193 g/mol. The van der Waals surface area contributed by atoms with Crippen LogP contribution < -0.4 is 5.32 Å². The van der Waals surface area contributed by atoms with Crippen molar-refractivity contribution in [2.45, 2.75) is 19.8 Å². The summed E-state index contributed by atoms with van der Waals surface area (Å²) in [5, 5.41) is 3.28. The van der Waals surface area contributed by atoms with Gasteiger partial charge in [-0.25, -0.2) is 4.79 Å². The number of esters is 1. The van der Waals surface area contributed by atoms with Crippen LogP contribution in [0.4, 0.5) is 0 Å². The quantitative estimate of drug-likeness (QED) is 0.673. The summed E-state index contributed by atoms with van der Waals surface area (Å²) < 4.78 is 5.00. The molecule has 0 bridgehead atoms. The van der Waals surface area contributed by atoms with Crippen LogP contribution in [-0.2, 0) is 9.53 Å². The van der Waals surface area contributed by atoms with Crippen LogP contribution in [0.2, 0.25) is 0 Å². The lowest BCUT2D eigenvalue weighted by Crippen LogP contribution is -2.18. The summed E-state index contributed by atoms with van der Waals surface area (Å²) in [6.07, 6.45) is 6.11. The number of nitrogens with one attached hydrogen (secondary N) is 1. The highest BCUT2D eigenvalue weighted by atomic mass is 16.5. The molecule has 1 N–H and O–H groups in total. The number of carbonyl (C=O) groups excluding carboxylic acids is 1. The Morgan fingerprint density at radius 2 is 2.57 bits per heavy atom. The van der Waals surface area contributed by atoms with E-state index >= 15 is 0 Å². The van der Waals surface area contributed by atoms with Crippen LogP contribution in [0.15, 0.2) is 23.4 Å². The Labute approximate surface area is 83.8 Å². The number of hydrogen-bond donors (Lipinski definition) is 1. The van der Waals surface area contributed by atoms with Gasteiger partial charge in [-0.1, -0.05) is 6.08 Å². The second kappa shape index (κ2) is 3.86. The van der Waals surface area contributed by atoms with E-state index in [-0.39, 0.29) is 5.97 Å². The summed E-state index contributed by atoms with van der Waals surface area (Å²) in [7, 11) is 0. The van der Waals surface area contributed by atoms with Crippen molar-refractivity contribution in [3.05, 3.63) is 23.4 Å². The molecule has 0 radical (unpaired) electrons. The van der Waals surface area contributed by atoms with Crippen molar-refractivity contribution < 1.29 is 9.53 Å². The lowest BCUT2D eigenvalue weighted by molar-refractivity contribution is -0.138. The van der Waals surface area contributed by atoms with E-state index in [0.29, 0.717) is 12.5 Å². The van der Waals surface area contributed by atoms with Crippen LogP contribution in [0.25, 0.3) is 0 Å². The first-order chi connectivity index (χ1) is 6.83.